The number of para-hydroxylation sites is 3. The first kappa shape index (κ1) is 42.8. The fourth-order valence-corrected chi connectivity index (χ4v) is 9.08. The SMILES string of the molecule is C=C=C(CN(c1ccccc1)c1ccccc1)c1cc(C=C/C(=C\C=C)N(C2=C=CC=C2)c2ccccc2)cc2c1-c1ccccc1C2(C)C1=C/c2ccccc2/C(C)=C/C=C\1.CC. The van der Waals surface area contributed by atoms with E-state index in [1.54, 1.807) is 0 Å². The largest absolute Gasteiger partial charge is 0.336 e. The van der Waals surface area contributed by atoms with E-state index in [4.69, 9.17) is 0 Å². The third kappa shape index (κ3) is 8.37. The molecule has 1 unspecified atom stereocenters. The number of allylic oxidation sites excluding steroid dienone is 10. The fourth-order valence-electron chi connectivity index (χ4n) is 9.08. The van der Waals surface area contributed by atoms with Gasteiger partial charge in [0.05, 0.1) is 12.2 Å². The smallest absolute Gasteiger partial charge is 0.0890 e. The van der Waals surface area contributed by atoms with Gasteiger partial charge < -0.3 is 9.80 Å². The Morgan fingerprint density at radius 3 is 1.98 bits per heavy atom. The molecule has 0 aliphatic heterocycles. The van der Waals surface area contributed by atoms with E-state index in [9.17, 15) is 0 Å². The van der Waals surface area contributed by atoms with Gasteiger partial charge >= 0.3 is 0 Å². The molecule has 2 heteroatoms. The zero-order chi connectivity index (χ0) is 44.5. The maximum atomic E-state index is 4.39. The zero-order valence-electron chi connectivity index (χ0n) is 37.3. The summed E-state index contributed by atoms with van der Waals surface area (Å²) in [6, 6.07) is 54.0. The van der Waals surface area contributed by atoms with Gasteiger partial charge in [-0.1, -0.05) is 172 Å². The van der Waals surface area contributed by atoms with Crippen LogP contribution in [0.5, 0.6) is 0 Å². The summed E-state index contributed by atoms with van der Waals surface area (Å²) < 4.78 is 0. The first-order valence-electron chi connectivity index (χ1n) is 22.2. The highest BCUT2D eigenvalue weighted by molar-refractivity contribution is 5.95. The van der Waals surface area contributed by atoms with Gasteiger partial charge in [0, 0.05) is 33.7 Å². The van der Waals surface area contributed by atoms with E-state index >= 15 is 0 Å². The molecule has 2 nitrogen and oxygen atoms in total. The Morgan fingerprint density at radius 2 is 1.34 bits per heavy atom. The molecule has 312 valence electrons. The van der Waals surface area contributed by atoms with Crippen LogP contribution in [0.25, 0.3) is 34.4 Å². The Morgan fingerprint density at radius 1 is 0.719 bits per heavy atom. The first-order valence-corrected chi connectivity index (χ1v) is 22.2. The summed E-state index contributed by atoms with van der Waals surface area (Å²) in [6.07, 6.45) is 23.6. The molecule has 9 rings (SSSR count). The zero-order valence-corrected chi connectivity index (χ0v) is 37.3. The van der Waals surface area contributed by atoms with Crippen LogP contribution in [0.2, 0.25) is 0 Å². The predicted molar refractivity (Wildman–Crippen MR) is 276 cm³/mol. The molecule has 6 aromatic rings. The molecule has 64 heavy (non-hydrogen) atoms. The fraction of sp³-hybridized carbons (Fsp3) is 0.0968. The van der Waals surface area contributed by atoms with Crippen LogP contribution in [-0.4, -0.2) is 6.54 Å². The van der Waals surface area contributed by atoms with Crippen molar-refractivity contribution in [1.82, 2.24) is 0 Å². The minimum Gasteiger partial charge on any atom is -0.336 e. The Labute approximate surface area is 380 Å². The summed E-state index contributed by atoms with van der Waals surface area (Å²) in [6.45, 7) is 17.7. The number of rotatable bonds is 12. The van der Waals surface area contributed by atoms with E-state index in [1.165, 1.54) is 44.5 Å². The molecule has 3 aliphatic carbocycles. The molecule has 3 aliphatic rings. The van der Waals surface area contributed by atoms with Crippen LogP contribution < -0.4 is 9.80 Å². The molecule has 0 spiro atoms. The summed E-state index contributed by atoms with van der Waals surface area (Å²) in [7, 11) is 0. The number of hydrogen-bond acceptors (Lipinski definition) is 2. The molecular formula is C62H54N2. The normalized spacial score (nSPS) is 17.7. The molecule has 1 atom stereocenters. The van der Waals surface area contributed by atoms with Gasteiger partial charge in [-0.3, -0.25) is 0 Å². The maximum Gasteiger partial charge on any atom is 0.0890 e. The molecule has 0 N–H and O–H groups in total. The lowest BCUT2D eigenvalue weighted by Crippen LogP contribution is -2.23. The topological polar surface area (TPSA) is 6.48 Å². The van der Waals surface area contributed by atoms with Crippen LogP contribution in [0, 0.1) is 0 Å². The van der Waals surface area contributed by atoms with Crippen molar-refractivity contribution in [1.29, 1.82) is 0 Å². The summed E-state index contributed by atoms with van der Waals surface area (Å²) in [4.78, 5) is 4.57. The van der Waals surface area contributed by atoms with Gasteiger partial charge in [-0.2, -0.15) is 0 Å². The molecule has 0 saturated carbocycles. The van der Waals surface area contributed by atoms with Crippen LogP contribution in [0.4, 0.5) is 17.1 Å². The van der Waals surface area contributed by atoms with Crippen molar-refractivity contribution >= 4 is 40.4 Å². The number of benzene rings is 6. The van der Waals surface area contributed by atoms with E-state index in [2.05, 4.69) is 242 Å². The monoisotopic (exact) mass is 826 g/mol. The van der Waals surface area contributed by atoms with Crippen LogP contribution >= 0.6 is 0 Å². The second kappa shape index (κ2) is 19.5. The lowest BCUT2D eigenvalue weighted by molar-refractivity contribution is 0.716. The highest BCUT2D eigenvalue weighted by atomic mass is 15.2. The van der Waals surface area contributed by atoms with Gasteiger partial charge in [0.25, 0.3) is 0 Å². The summed E-state index contributed by atoms with van der Waals surface area (Å²) in [5.41, 5.74) is 24.6. The van der Waals surface area contributed by atoms with E-state index in [0.29, 0.717) is 6.54 Å². The molecule has 0 aromatic heterocycles. The number of anilines is 3. The van der Waals surface area contributed by atoms with Gasteiger partial charge in [-0.25, -0.2) is 0 Å². The Hall–Kier alpha value is -7.86. The van der Waals surface area contributed by atoms with Crippen LogP contribution in [0.3, 0.4) is 0 Å². The quantitative estimate of drug-likeness (QED) is 0.0896. The molecule has 0 fully saturated rings. The molecule has 0 heterocycles. The third-order valence-corrected chi connectivity index (χ3v) is 12.2. The van der Waals surface area contributed by atoms with E-state index in [-0.39, 0.29) is 0 Å². The second-order valence-electron chi connectivity index (χ2n) is 15.9. The van der Waals surface area contributed by atoms with E-state index in [0.717, 1.165) is 45.2 Å². The van der Waals surface area contributed by atoms with Crippen molar-refractivity contribution in [2.75, 3.05) is 16.3 Å². The molecule has 0 bridgehead atoms. The molecule has 0 radical (unpaired) electrons. The Kier molecular flexibility index (Phi) is 13.0. The highest BCUT2D eigenvalue weighted by Gasteiger charge is 2.43. The van der Waals surface area contributed by atoms with Crippen molar-refractivity contribution in [2.45, 2.75) is 33.1 Å². The molecule has 0 saturated heterocycles. The van der Waals surface area contributed by atoms with E-state index < -0.39 is 5.41 Å². The van der Waals surface area contributed by atoms with Gasteiger partial charge in [0.1, 0.15) is 0 Å². The Balaban J connectivity index is 0.00000276. The average molecular weight is 827 g/mol. The van der Waals surface area contributed by atoms with Crippen molar-refractivity contribution < 1.29 is 0 Å². The van der Waals surface area contributed by atoms with Crippen molar-refractivity contribution in [3.63, 3.8) is 0 Å². The first-order chi connectivity index (χ1) is 31.5. The third-order valence-electron chi connectivity index (χ3n) is 12.2. The van der Waals surface area contributed by atoms with E-state index in [1.807, 2.05) is 38.1 Å². The van der Waals surface area contributed by atoms with Crippen LogP contribution in [0.15, 0.2) is 248 Å². The number of hydrogen-bond donors (Lipinski definition) is 0. The predicted octanol–water partition coefficient (Wildman–Crippen LogP) is 16.3. The average Bonchev–Trinajstić information content (AvgIpc) is 3.97. The van der Waals surface area contributed by atoms with Crippen molar-refractivity contribution in [2.24, 2.45) is 0 Å². The highest BCUT2D eigenvalue weighted by Crippen LogP contribution is 2.56. The molecular weight excluding hydrogens is 773 g/mol. The summed E-state index contributed by atoms with van der Waals surface area (Å²) in [5.74, 6) is 0. The number of fused-ring (bicyclic) bond motifs is 4. The minimum absolute atomic E-state index is 0.502. The van der Waals surface area contributed by atoms with Gasteiger partial charge in [-0.05, 0) is 148 Å². The second-order valence-corrected chi connectivity index (χ2v) is 15.9. The van der Waals surface area contributed by atoms with Gasteiger partial charge in [0.15, 0.2) is 0 Å². The maximum absolute atomic E-state index is 4.39. The minimum atomic E-state index is -0.502. The van der Waals surface area contributed by atoms with Gasteiger partial charge in [-0.15, -0.1) is 5.73 Å². The van der Waals surface area contributed by atoms with Crippen molar-refractivity contribution in [3.8, 4) is 11.1 Å². The summed E-state index contributed by atoms with van der Waals surface area (Å²) in [5, 5.41) is 0. The lowest BCUT2D eigenvalue weighted by Gasteiger charge is -2.31. The number of nitrogens with zero attached hydrogens (tertiary/aromatic N) is 2. The van der Waals surface area contributed by atoms with Crippen LogP contribution in [-0.2, 0) is 5.41 Å². The molecule has 6 aromatic carbocycles. The summed E-state index contributed by atoms with van der Waals surface area (Å²) >= 11 is 0. The Bertz CT molecular complexity index is 2950. The lowest BCUT2D eigenvalue weighted by atomic mass is 9.72. The molecule has 0 amide bonds. The van der Waals surface area contributed by atoms with Crippen molar-refractivity contribution in [3.05, 3.63) is 281 Å². The van der Waals surface area contributed by atoms with Gasteiger partial charge in [0.2, 0.25) is 0 Å². The van der Waals surface area contributed by atoms with Crippen LogP contribution in [0.1, 0.15) is 61.1 Å². The standard InChI is InChI=1S/C60H48N2.C2H6/c1-5-23-51(62(53-33-17-18-34-53)52-31-14-9-15-32-52)39-38-45-40-56(46(6-2)43-61(49-27-10-7-11-28-49)50-29-12-8-13-30-50)59-55-36-20-21-37-57(55)60(4,58(59)41-45)48-26-22-24-44(3)54-35-19-16-25-47(54)42-48;1-2/h5,7-33,35-42H,1-2,43H2,3-4H3;1-2H3/b24-22?,26-22-,39-38?,44-24+,47-42?,48-26?,48-42+,51-23+,54-44?;.